The molecule has 0 unspecified atom stereocenters. The number of nitrogens with zero attached hydrogens (tertiary/aromatic N) is 4. The SMILES string of the molecule is Cn1ncc2cc(Nc3nccc4c3C(=O)N(CC(=O)OC(C)(C)C)C4)ccc21. The van der Waals surface area contributed by atoms with Crippen molar-refractivity contribution in [2.24, 2.45) is 7.05 Å². The quantitative estimate of drug-likeness (QED) is 0.686. The third-order valence-electron chi connectivity index (χ3n) is 4.65. The Morgan fingerprint density at radius 3 is 2.83 bits per heavy atom. The van der Waals surface area contributed by atoms with Crippen molar-refractivity contribution in [3.05, 3.63) is 47.8 Å². The Morgan fingerprint density at radius 1 is 1.28 bits per heavy atom. The smallest absolute Gasteiger partial charge is 0.326 e. The zero-order valence-corrected chi connectivity index (χ0v) is 16.9. The van der Waals surface area contributed by atoms with Gasteiger partial charge in [0.2, 0.25) is 0 Å². The van der Waals surface area contributed by atoms with Crippen LogP contribution in [0.3, 0.4) is 0 Å². The summed E-state index contributed by atoms with van der Waals surface area (Å²) in [6.45, 7) is 5.67. The summed E-state index contributed by atoms with van der Waals surface area (Å²) < 4.78 is 7.14. The van der Waals surface area contributed by atoms with Crippen molar-refractivity contribution in [2.75, 3.05) is 11.9 Å². The number of fused-ring (bicyclic) bond motifs is 2. The standard InChI is InChI=1S/C21H23N5O3/c1-21(2,3)29-17(27)12-26-11-13-7-8-22-19(18(13)20(26)28)24-15-5-6-16-14(9-15)10-23-25(16)4/h5-10H,11-12H2,1-4H3,(H,22,24). The van der Waals surface area contributed by atoms with Crippen LogP contribution in [0, 0.1) is 0 Å². The molecule has 2 aromatic heterocycles. The van der Waals surface area contributed by atoms with Crippen molar-refractivity contribution in [2.45, 2.75) is 32.9 Å². The van der Waals surface area contributed by atoms with Crippen LogP contribution in [0.2, 0.25) is 0 Å². The first-order valence-corrected chi connectivity index (χ1v) is 9.39. The maximum Gasteiger partial charge on any atom is 0.326 e. The van der Waals surface area contributed by atoms with Crippen LogP contribution in [0.1, 0.15) is 36.7 Å². The lowest BCUT2D eigenvalue weighted by atomic mass is 10.1. The van der Waals surface area contributed by atoms with Gasteiger partial charge >= 0.3 is 5.97 Å². The number of carbonyl (C=O) groups excluding carboxylic acids is 2. The maximum absolute atomic E-state index is 12.9. The molecule has 0 saturated heterocycles. The van der Waals surface area contributed by atoms with E-state index in [0.717, 1.165) is 22.2 Å². The molecule has 0 spiro atoms. The number of aromatic nitrogens is 3. The molecule has 29 heavy (non-hydrogen) atoms. The number of esters is 1. The summed E-state index contributed by atoms with van der Waals surface area (Å²) in [4.78, 5) is 30.9. The minimum atomic E-state index is -0.591. The van der Waals surface area contributed by atoms with Crippen LogP contribution in [0.4, 0.5) is 11.5 Å². The second-order valence-corrected chi connectivity index (χ2v) is 8.11. The summed E-state index contributed by atoms with van der Waals surface area (Å²) in [7, 11) is 1.89. The zero-order valence-electron chi connectivity index (χ0n) is 16.9. The Balaban J connectivity index is 1.56. The summed E-state index contributed by atoms with van der Waals surface area (Å²) in [6, 6.07) is 7.65. The molecule has 3 aromatic rings. The fourth-order valence-electron chi connectivity index (χ4n) is 3.44. The highest BCUT2D eigenvalue weighted by atomic mass is 16.6. The number of benzene rings is 1. The number of hydrogen-bond donors (Lipinski definition) is 1. The molecule has 0 bridgehead atoms. The van der Waals surface area contributed by atoms with Crippen molar-refractivity contribution >= 4 is 34.3 Å². The number of rotatable bonds is 4. The average Bonchev–Trinajstić information content (AvgIpc) is 3.14. The minimum absolute atomic E-state index is 0.0914. The van der Waals surface area contributed by atoms with E-state index in [1.165, 1.54) is 4.90 Å². The molecule has 1 N–H and O–H groups in total. The zero-order chi connectivity index (χ0) is 20.8. The molecule has 1 aliphatic rings. The topological polar surface area (TPSA) is 89.4 Å². The van der Waals surface area contributed by atoms with Crippen LogP contribution in [0.5, 0.6) is 0 Å². The van der Waals surface area contributed by atoms with E-state index in [-0.39, 0.29) is 12.5 Å². The molecule has 4 rings (SSSR count). The van der Waals surface area contributed by atoms with Crippen molar-refractivity contribution in [1.82, 2.24) is 19.7 Å². The van der Waals surface area contributed by atoms with E-state index < -0.39 is 11.6 Å². The van der Waals surface area contributed by atoms with Gasteiger partial charge in [-0.25, -0.2) is 4.98 Å². The second-order valence-electron chi connectivity index (χ2n) is 8.11. The number of amides is 1. The molecule has 0 aliphatic carbocycles. The van der Waals surface area contributed by atoms with E-state index in [2.05, 4.69) is 15.4 Å². The number of aryl methyl sites for hydroxylation is 1. The van der Waals surface area contributed by atoms with Crippen LogP contribution in [-0.4, -0.2) is 43.7 Å². The average molecular weight is 393 g/mol. The number of hydrogen-bond acceptors (Lipinski definition) is 6. The van der Waals surface area contributed by atoms with Crippen molar-refractivity contribution in [1.29, 1.82) is 0 Å². The van der Waals surface area contributed by atoms with Gasteiger partial charge in [0.05, 0.1) is 17.3 Å². The highest BCUT2D eigenvalue weighted by molar-refractivity contribution is 6.04. The molecule has 1 aliphatic heterocycles. The molecule has 0 fully saturated rings. The maximum atomic E-state index is 12.9. The number of pyridine rings is 1. The lowest BCUT2D eigenvalue weighted by Crippen LogP contribution is -2.35. The highest BCUT2D eigenvalue weighted by Crippen LogP contribution is 2.30. The van der Waals surface area contributed by atoms with Gasteiger partial charge in [0.15, 0.2) is 0 Å². The van der Waals surface area contributed by atoms with Gasteiger partial charge in [-0.3, -0.25) is 14.3 Å². The summed E-state index contributed by atoms with van der Waals surface area (Å²) >= 11 is 0. The van der Waals surface area contributed by atoms with E-state index in [4.69, 9.17) is 4.74 Å². The summed E-state index contributed by atoms with van der Waals surface area (Å²) in [5.41, 5.74) is 2.55. The molecule has 1 amide bonds. The lowest BCUT2D eigenvalue weighted by Gasteiger charge is -2.22. The van der Waals surface area contributed by atoms with Crippen LogP contribution in [-0.2, 0) is 23.1 Å². The molecule has 8 nitrogen and oxygen atoms in total. The largest absolute Gasteiger partial charge is 0.459 e. The van der Waals surface area contributed by atoms with Gasteiger partial charge in [-0.1, -0.05) is 0 Å². The molecular weight excluding hydrogens is 370 g/mol. The first kappa shape index (κ1) is 18.9. The van der Waals surface area contributed by atoms with Gasteiger partial charge in [-0.2, -0.15) is 5.10 Å². The number of anilines is 2. The van der Waals surface area contributed by atoms with Gasteiger partial charge in [-0.05, 0) is 50.6 Å². The lowest BCUT2D eigenvalue weighted by molar-refractivity contribution is -0.155. The van der Waals surface area contributed by atoms with Gasteiger partial charge in [0.25, 0.3) is 5.91 Å². The molecule has 3 heterocycles. The van der Waals surface area contributed by atoms with E-state index >= 15 is 0 Å². The monoisotopic (exact) mass is 393 g/mol. The van der Waals surface area contributed by atoms with Gasteiger partial charge in [0.1, 0.15) is 18.0 Å². The third kappa shape index (κ3) is 3.78. The Labute approximate surface area is 168 Å². The first-order valence-electron chi connectivity index (χ1n) is 9.39. The summed E-state index contributed by atoms with van der Waals surface area (Å²) in [5, 5.41) is 8.47. The summed E-state index contributed by atoms with van der Waals surface area (Å²) in [5.74, 6) is -0.186. The third-order valence-corrected chi connectivity index (χ3v) is 4.65. The molecule has 0 radical (unpaired) electrons. The fraction of sp³-hybridized carbons (Fsp3) is 0.333. The Bertz CT molecular complexity index is 1110. The Hall–Kier alpha value is -3.42. The van der Waals surface area contributed by atoms with Gasteiger partial charge in [-0.15, -0.1) is 0 Å². The predicted octanol–water partition coefficient (Wildman–Crippen LogP) is 3.01. The number of ether oxygens (including phenoxy) is 1. The van der Waals surface area contributed by atoms with Gasteiger partial charge in [0, 0.05) is 30.9 Å². The second kappa shape index (κ2) is 6.88. The van der Waals surface area contributed by atoms with Crippen LogP contribution in [0.25, 0.3) is 10.9 Å². The van der Waals surface area contributed by atoms with E-state index in [0.29, 0.717) is 17.9 Å². The van der Waals surface area contributed by atoms with Crippen LogP contribution < -0.4 is 5.32 Å². The Kier molecular flexibility index (Phi) is 4.49. The molecule has 8 heteroatoms. The van der Waals surface area contributed by atoms with E-state index in [1.807, 2.05) is 25.2 Å². The van der Waals surface area contributed by atoms with Crippen molar-refractivity contribution in [3.8, 4) is 0 Å². The molecule has 0 atom stereocenters. The van der Waals surface area contributed by atoms with Gasteiger partial charge < -0.3 is 15.0 Å². The molecular formula is C21H23N5O3. The Morgan fingerprint density at radius 2 is 2.07 bits per heavy atom. The molecule has 1 aromatic carbocycles. The molecule has 150 valence electrons. The van der Waals surface area contributed by atoms with E-state index in [9.17, 15) is 9.59 Å². The fourth-order valence-corrected chi connectivity index (χ4v) is 3.44. The normalized spacial score (nSPS) is 13.7. The van der Waals surface area contributed by atoms with Crippen LogP contribution >= 0.6 is 0 Å². The van der Waals surface area contributed by atoms with Crippen molar-refractivity contribution in [3.63, 3.8) is 0 Å². The number of nitrogens with one attached hydrogen (secondary N) is 1. The predicted molar refractivity (Wildman–Crippen MR) is 109 cm³/mol. The van der Waals surface area contributed by atoms with E-state index in [1.54, 1.807) is 43.9 Å². The minimum Gasteiger partial charge on any atom is -0.459 e. The highest BCUT2D eigenvalue weighted by Gasteiger charge is 2.33. The summed E-state index contributed by atoms with van der Waals surface area (Å²) in [6.07, 6.45) is 3.45. The van der Waals surface area contributed by atoms with Crippen molar-refractivity contribution < 1.29 is 14.3 Å². The molecule has 0 saturated carbocycles. The number of carbonyl (C=O) groups is 2. The first-order chi connectivity index (χ1) is 13.7. The van der Waals surface area contributed by atoms with Crippen LogP contribution in [0.15, 0.2) is 36.7 Å².